The van der Waals surface area contributed by atoms with Crippen LogP contribution in [0.4, 0.5) is 0 Å². The second kappa shape index (κ2) is 9.39. The molecule has 0 N–H and O–H groups in total. The average molecular weight is 569 g/mol. The van der Waals surface area contributed by atoms with Crippen molar-refractivity contribution < 1.29 is 0 Å². The van der Waals surface area contributed by atoms with Gasteiger partial charge in [0.05, 0.1) is 23.3 Å². The summed E-state index contributed by atoms with van der Waals surface area (Å²) in [6.07, 6.45) is 0. The van der Waals surface area contributed by atoms with Crippen molar-refractivity contribution in [3.8, 4) is 56.6 Å². The number of aryl methyl sites for hydroxylation is 1. The minimum atomic E-state index is 0.653. The molecule has 1 aliphatic rings. The zero-order valence-electron chi connectivity index (χ0n) is 24.5. The summed E-state index contributed by atoms with van der Waals surface area (Å²) in [6.45, 7) is 2.19. The molecule has 0 bridgehead atoms. The Morgan fingerprint density at radius 3 is 1.51 bits per heavy atom. The molecule has 0 unspecified atom stereocenters. The first-order chi connectivity index (χ1) is 22.1. The normalized spacial score (nSPS) is 11.6. The molecule has 8 aromatic carbocycles. The van der Waals surface area contributed by atoms with Gasteiger partial charge >= 0.3 is 0 Å². The number of rotatable bonds is 2. The molecule has 206 valence electrons. The maximum Gasteiger partial charge on any atom is 0.0991 e. The molecule has 0 aromatic heterocycles. The van der Waals surface area contributed by atoms with Crippen LogP contribution in [-0.4, -0.2) is 0 Å². The second-order valence-corrected chi connectivity index (χ2v) is 12.0. The minimum Gasteiger partial charge on any atom is -0.192 e. The highest BCUT2D eigenvalue weighted by atomic mass is 14.3. The molecule has 2 heteroatoms. The maximum atomic E-state index is 9.50. The molecule has 1 aliphatic carbocycles. The molecular weight excluding hydrogens is 544 g/mol. The lowest BCUT2D eigenvalue weighted by Gasteiger charge is -2.17. The number of hydrogen-bond acceptors (Lipinski definition) is 2. The molecule has 0 radical (unpaired) electrons. The summed E-state index contributed by atoms with van der Waals surface area (Å²) >= 11 is 0. The highest BCUT2D eigenvalue weighted by Crippen LogP contribution is 2.51. The third kappa shape index (κ3) is 3.61. The van der Waals surface area contributed by atoms with Crippen LogP contribution in [0.1, 0.15) is 16.7 Å². The van der Waals surface area contributed by atoms with Crippen molar-refractivity contribution in [2.75, 3.05) is 0 Å². The monoisotopic (exact) mass is 568 g/mol. The molecule has 0 saturated heterocycles. The van der Waals surface area contributed by atoms with Crippen molar-refractivity contribution in [1.29, 1.82) is 10.5 Å². The van der Waals surface area contributed by atoms with Gasteiger partial charge in [-0.3, -0.25) is 0 Å². The van der Waals surface area contributed by atoms with E-state index in [1.165, 1.54) is 70.9 Å². The van der Waals surface area contributed by atoms with Crippen LogP contribution in [0.3, 0.4) is 0 Å². The average Bonchev–Trinajstić information content (AvgIpc) is 3.41. The first-order valence-corrected chi connectivity index (χ1v) is 15.1. The number of nitriles is 2. The molecule has 8 aromatic rings. The lowest BCUT2D eigenvalue weighted by Crippen LogP contribution is -1.91. The Bertz CT molecular complexity index is 2650. The van der Waals surface area contributed by atoms with E-state index in [2.05, 4.69) is 122 Å². The van der Waals surface area contributed by atoms with E-state index in [9.17, 15) is 10.5 Å². The van der Waals surface area contributed by atoms with Gasteiger partial charge in [-0.05, 0) is 149 Å². The number of nitrogens with zero attached hydrogens (tertiary/aromatic N) is 2. The highest BCUT2D eigenvalue weighted by Gasteiger charge is 2.24. The SMILES string of the molecule is Cc1ccc2c3c(cccc13)-c1cc3c(cc1-2)c(-c1ccc(C#N)cc1)cc1c2ccccc2c(-c2ccc(C#N)cc2)cc31. The smallest absolute Gasteiger partial charge is 0.0991 e. The fraction of sp³-hybridized carbons (Fsp3) is 0.0233. The third-order valence-corrected chi connectivity index (χ3v) is 9.60. The van der Waals surface area contributed by atoms with Crippen LogP contribution in [0.25, 0.3) is 87.6 Å². The summed E-state index contributed by atoms with van der Waals surface area (Å²) in [7, 11) is 0. The molecule has 45 heavy (non-hydrogen) atoms. The summed E-state index contributed by atoms with van der Waals surface area (Å²) < 4.78 is 0. The molecule has 0 spiro atoms. The summed E-state index contributed by atoms with van der Waals surface area (Å²) in [5, 5.41) is 28.7. The fourth-order valence-electron chi connectivity index (χ4n) is 7.42. The van der Waals surface area contributed by atoms with Gasteiger partial charge in [0, 0.05) is 0 Å². The van der Waals surface area contributed by atoms with Gasteiger partial charge in [0.1, 0.15) is 0 Å². The van der Waals surface area contributed by atoms with E-state index in [-0.39, 0.29) is 0 Å². The van der Waals surface area contributed by atoms with Crippen molar-refractivity contribution in [2.45, 2.75) is 6.92 Å². The van der Waals surface area contributed by atoms with Crippen molar-refractivity contribution in [3.63, 3.8) is 0 Å². The summed E-state index contributed by atoms with van der Waals surface area (Å²) in [5.41, 5.74) is 12.2. The molecule has 2 nitrogen and oxygen atoms in total. The van der Waals surface area contributed by atoms with Gasteiger partial charge in [0.15, 0.2) is 0 Å². The van der Waals surface area contributed by atoms with E-state index in [1.54, 1.807) is 0 Å². The third-order valence-electron chi connectivity index (χ3n) is 9.60. The molecule has 0 fully saturated rings. The number of hydrogen-bond donors (Lipinski definition) is 0. The number of benzene rings is 8. The standard InChI is InChI=1S/C43H24N2/c1-25-9-18-34-39-21-40-36(29-16-12-27(24-45)13-17-29)20-37-32-6-3-2-5-31(32)35(28-14-10-26(23-44)11-15-28)19-41(37)42(40)22-38(39)33-8-4-7-30(25)43(33)34/h2-22H,1H3. The molecule has 0 aliphatic heterocycles. The van der Waals surface area contributed by atoms with Crippen molar-refractivity contribution in [1.82, 2.24) is 0 Å². The molecular formula is C43H24N2. The summed E-state index contributed by atoms with van der Waals surface area (Å²) in [6, 6.07) is 49.6. The van der Waals surface area contributed by atoms with E-state index >= 15 is 0 Å². The van der Waals surface area contributed by atoms with Gasteiger partial charge in [0.25, 0.3) is 0 Å². The van der Waals surface area contributed by atoms with Crippen LogP contribution in [0.15, 0.2) is 127 Å². The lowest BCUT2D eigenvalue weighted by atomic mass is 9.86. The molecule has 9 rings (SSSR count). The van der Waals surface area contributed by atoms with Gasteiger partial charge in [-0.25, -0.2) is 0 Å². The Morgan fingerprint density at radius 2 is 0.867 bits per heavy atom. The van der Waals surface area contributed by atoms with Gasteiger partial charge in [-0.1, -0.05) is 78.9 Å². The Kier molecular flexibility index (Phi) is 5.28. The molecule has 0 atom stereocenters. The van der Waals surface area contributed by atoms with Gasteiger partial charge in [0.2, 0.25) is 0 Å². The van der Waals surface area contributed by atoms with E-state index in [0.717, 1.165) is 22.3 Å². The molecule has 0 heterocycles. The van der Waals surface area contributed by atoms with Crippen LogP contribution in [-0.2, 0) is 0 Å². The number of fused-ring (bicyclic) bond motifs is 8. The van der Waals surface area contributed by atoms with Crippen LogP contribution in [0.2, 0.25) is 0 Å². The van der Waals surface area contributed by atoms with E-state index in [4.69, 9.17) is 0 Å². The quantitative estimate of drug-likeness (QED) is 0.195. The zero-order valence-corrected chi connectivity index (χ0v) is 24.5. The van der Waals surface area contributed by atoms with Crippen molar-refractivity contribution >= 4 is 43.1 Å². The van der Waals surface area contributed by atoms with Crippen LogP contribution >= 0.6 is 0 Å². The minimum absolute atomic E-state index is 0.653. The van der Waals surface area contributed by atoms with Crippen LogP contribution in [0.5, 0.6) is 0 Å². The van der Waals surface area contributed by atoms with Gasteiger partial charge in [-0.15, -0.1) is 0 Å². The van der Waals surface area contributed by atoms with Gasteiger partial charge in [-0.2, -0.15) is 10.5 Å². The zero-order chi connectivity index (χ0) is 30.2. The summed E-state index contributed by atoms with van der Waals surface area (Å²) in [5.74, 6) is 0. The maximum absolute atomic E-state index is 9.50. The first-order valence-electron chi connectivity index (χ1n) is 15.1. The van der Waals surface area contributed by atoms with E-state index < -0.39 is 0 Å². The van der Waals surface area contributed by atoms with E-state index in [1.807, 2.05) is 24.3 Å². The molecule has 0 saturated carbocycles. The fourth-order valence-corrected chi connectivity index (χ4v) is 7.42. The lowest BCUT2D eigenvalue weighted by molar-refractivity contribution is 1.48. The Balaban J connectivity index is 1.45. The Hall–Kier alpha value is -6.22. The Morgan fingerprint density at radius 1 is 0.378 bits per heavy atom. The van der Waals surface area contributed by atoms with Crippen molar-refractivity contribution in [3.05, 3.63) is 144 Å². The predicted molar refractivity (Wildman–Crippen MR) is 186 cm³/mol. The highest BCUT2D eigenvalue weighted by molar-refractivity contribution is 6.27. The van der Waals surface area contributed by atoms with E-state index in [0.29, 0.717) is 11.1 Å². The largest absolute Gasteiger partial charge is 0.192 e. The second-order valence-electron chi connectivity index (χ2n) is 12.0. The van der Waals surface area contributed by atoms with Crippen LogP contribution in [0, 0.1) is 29.6 Å². The Labute approximate surface area is 260 Å². The molecule has 0 amide bonds. The van der Waals surface area contributed by atoms with Crippen molar-refractivity contribution in [2.24, 2.45) is 0 Å². The topological polar surface area (TPSA) is 47.6 Å². The summed E-state index contributed by atoms with van der Waals surface area (Å²) in [4.78, 5) is 0. The predicted octanol–water partition coefficient (Wildman–Crippen LogP) is 11.3. The van der Waals surface area contributed by atoms with Crippen LogP contribution < -0.4 is 0 Å². The first kappa shape index (κ1) is 25.3. The van der Waals surface area contributed by atoms with Gasteiger partial charge < -0.3 is 0 Å².